The molecule has 13 heavy (non-hydrogen) atoms. The van der Waals surface area contributed by atoms with Crippen LogP contribution in [0.5, 0.6) is 0 Å². The largest absolute Gasteiger partial charge is 0.480 e. The van der Waals surface area contributed by atoms with E-state index in [-0.39, 0.29) is 18.4 Å². The van der Waals surface area contributed by atoms with E-state index < -0.39 is 5.97 Å². The third-order valence-corrected chi connectivity index (χ3v) is 2.08. The fourth-order valence-electron chi connectivity index (χ4n) is 1.23. The van der Waals surface area contributed by atoms with Crippen molar-refractivity contribution in [3.8, 4) is 0 Å². The van der Waals surface area contributed by atoms with E-state index in [1.807, 2.05) is 13.8 Å². The van der Waals surface area contributed by atoms with Crippen LogP contribution in [0.2, 0.25) is 0 Å². The number of hydrogen-bond donors (Lipinski definition) is 1. The molecule has 4 heteroatoms. The number of carboxylic acids is 1. The molecule has 0 saturated heterocycles. The first-order chi connectivity index (χ1) is 6.02. The summed E-state index contributed by atoms with van der Waals surface area (Å²) in [7, 11) is 1.52. The highest BCUT2D eigenvalue weighted by Gasteiger charge is 2.19. The monoisotopic (exact) mass is 187 g/mol. The minimum atomic E-state index is -0.971. The van der Waals surface area contributed by atoms with Crippen molar-refractivity contribution in [2.45, 2.75) is 26.7 Å². The van der Waals surface area contributed by atoms with Crippen molar-refractivity contribution < 1.29 is 14.7 Å². The highest BCUT2D eigenvalue weighted by molar-refractivity contribution is 5.82. The van der Waals surface area contributed by atoms with Crippen molar-refractivity contribution >= 4 is 11.9 Å². The van der Waals surface area contributed by atoms with Gasteiger partial charge in [0, 0.05) is 13.0 Å². The van der Waals surface area contributed by atoms with E-state index in [1.54, 1.807) is 0 Å². The molecule has 0 aromatic carbocycles. The predicted molar refractivity (Wildman–Crippen MR) is 49.3 cm³/mol. The van der Waals surface area contributed by atoms with Gasteiger partial charge in [-0.1, -0.05) is 13.8 Å². The zero-order chi connectivity index (χ0) is 10.4. The van der Waals surface area contributed by atoms with Gasteiger partial charge in [-0.2, -0.15) is 0 Å². The molecule has 0 bridgehead atoms. The van der Waals surface area contributed by atoms with Crippen molar-refractivity contribution in [3.05, 3.63) is 0 Å². The lowest BCUT2D eigenvalue weighted by atomic mass is 10.0. The lowest BCUT2D eigenvalue weighted by Gasteiger charge is -2.20. The van der Waals surface area contributed by atoms with E-state index in [2.05, 4.69) is 0 Å². The fraction of sp³-hybridized carbons (Fsp3) is 0.778. The van der Waals surface area contributed by atoms with Crippen molar-refractivity contribution in [1.82, 2.24) is 4.90 Å². The SMILES string of the molecule is CCC(CC)C(=O)N(C)CC(=O)O. The van der Waals surface area contributed by atoms with Gasteiger partial charge in [-0.3, -0.25) is 9.59 Å². The maximum absolute atomic E-state index is 11.5. The normalized spacial score (nSPS) is 10.2. The molecule has 0 saturated carbocycles. The van der Waals surface area contributed by atoms with Crippen molar-refractivity contribution in [2.75, 3.05) is 13.6 Å². The molecule has 0 heterocycles. The van der Waals surface area contributed by atoms with Crippen LogP contribution in [0.15, 0.2) is 0 Å². The molecular weight excluding hydrogens is 170 g/mol. The van der Waals surface area contributed by atoms with Crippen LogP contribution in [-0.4, -0.2) is 35.5 Å². The average Bonchev–Trinajstić information content (AvgIpc) is 2.05. The molecule has 0 aliphatic rings. The van der Waals surface area contributed by atoms with E-state index in [9.17, 15) is 9.59 Å². The zero-order valence-electron chi connectivity index (χ0n) is 8.41. The fourth-order valence-corrected chi connectivity index (χ4v) is 1.23. The summed E-state index contributed by atoms with van der Waals surface area (Å²) in [6.45, 7) is 3.65. The smallest absolute Gasteiger partial charge is 0.323 e. The number of amides is 1. The number of likely N-dealkylation sites (N-methyl/N-ethyl adjacent to an activating group) is 1. The quantitative estimate of drug-likeness (QED) is 0.697. The summed E-state index contributed by atoms with van der Waals surface area (Å²) in [4.78, 5) is 23.1. The molecule has 0 aliphatic carbocycles. The maximum atomic E-state index is 11.5. The number of rotatable bonds is 5. The third kappa shape index (κ3) is 3.92. The summed E-state index contributed by atoms with van der Waals surface area (Å²) >= 11 is 0. The van der Waals surface area contributed by atoms with Gasteiger partial charge in [0.05, 0.1) is 0 Å². The molecule has 0 spiro atoms. The van der Waals surface area contributed by atoms with Crippen molar-refractivity contribution in [1.29, 1.82) is 0 Å². The predicted octanol–water partition coefficient (Wildman–Crippen LogP) is 0.966. The van der Waals surface area contributed by atoms with E-state index in [4.69, 9.17) is 5.11 Å². The van der Waals surface area contributed by atoms with Gasteiger partial charge in [0.1, 0.15) is 6.54 Å². The van der Waals surface area contributed by atoms with Crippen LogP contribution >= 0.6 is 0 Å². The second-order valence-corrected chi connectivity index (χ2v) is 3.10. The third-order valence-electron chi connectivity index (χ3n) is 2.08. The summed E-state index contributed by atoms with van der Waals surface area (Å²) in [6.07, 6.45) is 1.53. The lowest BCUT2D eigenvalue weighted by Crippen LogP contribution is -2.36. The Bertz CT molecular complexity index is 187. The molecule has 4 nitrogen and oxygen atoms in total. The number of aliphatic carboxylic acids is 1. The van der Waals surface area contributed by atoms with Crippen molar-refractivity contribution in [2.24, 2.45) is 5.92 Å². The van der Waals surface area contributed by atoms with Crippen LogP contribution in [0, 0.1) is 5.92 Å². The van der Waals surface area contributed by atoms with E-state index in [0.29, 0.717) is 0 Å². The maximum Gasteiger partial charge on any atom is 0.323 e. The molecule has 0 radical (unpaired) electrons. The first-order valence-corrected chi connectivity index (χ1v) is 4.49. The molecular formula is C9H17NO3. The topological polar surface area (TPSA) is 57.6 Å². The molecule has 76 valence electrons. The van der Waals surface area contributed by atoms with Gasteiger partial charge in [-0.25, -0.2) is 0 Å². The molecule has 1 N–H and O–H groups in total. The molecule has 0 aromatic rings. The van der Waals surface area contributed by atoms with Gasteiger partial charge in [-0.15, -0.1) is 0 Å². The average molecular weight is 187 g/mol. The van der Waals surface area contributed by atoms with E-state index >= 15 is 0 Å². The van der Waals surface area contributed by atoms with Gasteiger partial charge >= 0.3 is 5.97 Å². The second kappa shape index (κ2) is 5.56. The van der Waals surface area contributed by atoms with Crippen LogP contribution in [-0.2, 0) is 9.59 Å². The summed E-state index contributed by atoms with van der Waals surface area (Å²) in [5.41, 5.74) is 0. The van der Waals surface area contributed by atoms with Crippen LogP contribution in [0.3, 0.4) is 0 Å². The van der Waals surface area contributed by atoms with E-state index in [1.165, 1.54) is 11.9 Å². The Morgan fingerprint density at radius 2 is 1.77 bits per heavy atom. The Hall–Kier alpha value is -1.06. The van der Waals surface area contributed by atoms with Gasteiger partial charge in [0.25, 0.3) is 0 Å². The van der Waals surface area contributed by atoms with Crippen LogP contribution in [0.4, 0.5) is 0 Å². The summed E-state index contributed by atoms with van der Waals surface area (Å²) in [6, 6.07) is 0. The highest BCUT2D eigenvalue weighted by Crippen LogP contribution is 2.10. The first-order valence-electron chi connectivity index (χ1n) is 4.49. The zero-order valence-corrected chi connectivity index (χ0v) is 8.41. The van der Waals surface area contributed by atoms with Gasteiger partial charge in [-0.05, 0) is 12.8 Å². The Balaban J connectivity index is 4.14. The number of carboxylic acid groups (broad SMARTS) is 1. The number of hydrogen-bond acceptors (Lipinski definition) is 2. The van der Waals surface area contributed by atoms with Gasteiger partial charge in [0.15, 0.2) is 0 Å². The minimum Gasteiger partial charge on any atom is -0.480 e. The van der Waals surface area contributed by atoms with Gasteiger partial charge in [0.2, 0.25) is 5.91 Å². The van der Waals surface area contributed by atoms with Crippen LogP contribution < -0.4 is 0 Å². The Morgan fingerprint density at radius 3 is 2.08 bits per heavy atom. The number of nitrogens with zero attached hydrogens (tertiary/aromatic N) is 1. The van der Waals surface area contributed by atoms with E-state index in [0.717, 1.165) is 12.8 Å². The first kappa shape index (κ1) is 11.9. The Labute approximate surface area is 78.5 Å². The summed E-state index contributed by atoms with van der Waals surface area (Å²) in [5.74, 6) is -1.08. The molecule has 0 aliphatic heterocycles. The standard InChI is InChI=1S/C9H17NO3/c1-4-7(5-2)9(13)10(3)6-8(11)12/h7H,4-6H2,1-3H3,(H,11,12). The van der Waals surface area contributed by atoms with Gasteiger partial charge < -0.3 is 10.0 Å². The molecule has 0 fully saturated rings. The highest BCUT2D eigenvalue weighted by atomic mass is 16.4. The second-order valence-electron chi connectivity index (χ2n) is 3.10. The van der Waals surface area contributed by atoms with Crippen molar-refractivity contribution in [3.63, 3.8) is 0 Å². The summed E-state index contributed by atoms with van der Waals surface area (Å²) < 4.78 is 0. The molecule has 0 atom stereocenters. The van der Waals surface area contributed by atoms with Crippen LogP contribution in [0.1, 0.15) is 26.7 Å². The molecule has 0 aromatic heterocycles. The molecule has 0 unspecified atom stereocenters. The minimum absolute atomic E-state index is 0.0376. The Morgan fingerprint density at radius 1 is 1.31 bits per heavy atom. The molecule has 0 rings (SSSR count). The molecule has 1 amide bonds. The number of carbonyl (C=O) groups excluding carboxylic acids is 1. The Kier molecular flexibility index (Phi) is 5.11. The summed E-state index contributed by atoms with van der Waals surface area (Å²) in [5, 5.41) is 8.47. The number of carbonyl (C=O) groups is 2. The lowest BCUT2D eigenvalue weighted by molar-refractivity contribution is -0.145. The van der Waals surface area contributed by atoms with Crippen LogP contribution in [0.25, 0.3) is 0 Å².